The Kier molecular flexibility index (Phi) is 6.41. The molecule has 3 aromatic rings. The topological polar surface area (TPSA) is 49.2 Å². The summed E-state index contributed by atoms with van der Waals surface area (Å²) in [6, 6.07) is 15.3. The third kappa shape index (κ3) is 5.16. The van der Waals surface area contributed by atoms with Gasteiger partial charge >= 0.3 is 0 Å². The maximum atomic E-state index is 5.87. The lowest BCUT2D eigenvalue weighted by molar-refractivity contribution is 0.290. The highest BCUT2D eigenvalue weighted by Crippen LogP contribution is 2.19. The van der Waals surface area contributed by atoms with Crippen molar-refractivity contribution in [1.82, 2.24) is 14.8 Å². The second-order valence-electron chi connectivity index (χ2n) is 5.71. The van der Waals surface area contributed by atoms with E-state index in [2.05, 4.69) is 23.2 Å². The minimum atomic E-state index is 0.353. The molecule has 3 rings (SSSR count). The lowest BCUT2D eigenvalue weighted by Gasteiger charge is -2.08. The van der Waals surface area contributed by atoms with Gasteiger partial charge in [0.05, 0.1) is 6.61 Å². The van der Waals surface area contributed by atoms with Crippen LogP contribution in [0.4, 0.5) is 0 Å². The van der Waals surface area contributed by atoms with E-state index in [0.717, 1.165) is 28.2 Å². The molecule has 0 aliphatic carbocycles. The Morgan fingerprint density at radius 1 is 1.04 bits per heavy atom. The molecule has 0 atom stereocenters. The van der Waals surface area contributed by atoms with Crippen molar-refractivity contribution < 1.29 is 9.47 Å². The van der Waals surface area contributed by atoms with Gasteiger partial charge in [-0.1, -0.05) is 35.5 Å². The van der Waals surface area contributed by atoms with E-state index in [9.17, 15) is 0 Å². The predicted octanol–water partition coefficient (Wildman–Crippen LogP) is 4.53. The molecule has 0 radical (unpaired) electrons. The van der Waals surface area contributed by atoms with Crippen LogP contribution in [-0.4, -0.2) is 27.1 Å². The Hall–Kier alpha value is -2.18. The predicted molar refractivity (Wildman–Crippen MR) is 104 cm³/mol. The third-order valence-corrected chi connectivity index (χ3v) is 4.92. The number of hydrogen-bond donors (Lipinski definition) is 0. The van der Waals surface area contributed by atoms with Gasteiger partial charge in [0.2, 0.25) is 0 Å². The zero-order chi connectivity index (χ0) is 18.4. The monoisotopic (exact) mass is 389 g/mol. The first-order valence-corrected chi connectivity index (χ1v) is 9.57. The summed E-state index contributed by atoms with van der Waals surface area (Å²) in [6.07, 6.45) is 0. The van der Waals surface area contributed by atoms with Crippen molar-refractivity contribution in [2.24, 2.45) is 7.05 Å². The summed E-state index contributed by atoms with van der Waals surface area (Å²) in [5.74, 6) is 3.19. The number of nitrogens with zero attached hydrogens (tertiary/aromatic N) is 3. The van der Waals surface area contributed by atoms with Gasteiger partial charge < -0.3 is 14.0 Å². The lowest BCUT2D eigenvalue weighted by Crippen LogP contribution is -2.05. The number of benzene rings is 2. The smallest absolute Gasteiger partial charge is 0.191 e. The first-order chi connectivity index (χ1) is 12.6. The fourth-order valence-electron chi connectivity index (χ4n) is 2.27. The molecule has 26 heavy (non-hydrogen) atoms. The highest BCUT2D eigenvalue weighted by molar-refractivity contribution is 7.99. The molecule has 1 heterocycles. The molecule has 136 valence electrons. The van der Waals surface area contributed by atoms with Gasteiger partial charge in [0.15, 0.2) is 11.0 Å². The molecule has 0 saturated heterocycles. The van der Waals surface area contributed by atoms with Crippen molar-refractivity contribution in [3.8, 4) is 11.5 Å². The highest BCUT2D eigenvalue weighted by atomic mass is 35.5. The molecule has 0 unspecified atom stereocenters. The third-order valence-electron chi connectivity index (χ3n) is 3.68. The fourth-order valence-corrected chi connectivity index (χ4v) is 3.15. The summed E-state index contributed by atoms with van der Waals surface area (Å²) in [6.45, 7) is 3.01. The van der Waals surface area contributed by atoms with Gasteiger partial charge in [-0.2, -0.15) is 0 Å². The van der Waals surface area contributed by atoms with Gasteiger partial charge in [-0.3, -0.25) is 0 Å². The molecule has 0 N–H and O–H groups in total. The Balaban J connectivity index is 1.46. The standard InChI is InChI=1S/C19H20ClN3O2S/c1-14-4-3-5-17(12-14)24-10-11-26-19-22-21-18(23(19)2)13-25-16-8-6-15(20)7-9-16/h3-9,12H,10-11,13H2,1-2H3. The molecule has 2 aromatic carbocycles. The number of aryl methyl sites for hydroxylation is 1. The average Bonchev–Trinajstić information content (AvgIpc) is 2.98. The van der Waals surface area contributed by atoms with Crippen molar-refractivity contribution >= 4 is 23.4 Å². The SMILES string of the molecule is Cc1cccc(OCCSc2nnc(COc3ccc(Cl)cc3)n2C)c1. The minimum absolute atomic E-state index is 0.353. The van der Waals surface area contributed by atoms with Crippen LogP contribution in [0.2, 0.25) is 5.02 Å². The van der Waals surface area contributed by atoms with Crippen molar-refractivity contribution in [2.45, 2.75) is 18.7 Å². The molecular formula is C19H20ClN3O2S. The molecule has 0 saturated carbocycles. The van der Waals surface area contributed by atoms with E-state index < -0.39 is 0 Å². The molecule has 7 heteroatoms. The van der Waals surface area contributed by atoms with Crippen molar-refractivity contribution in [1.29, 1.82) is 0 Å². The number of rotatable bonds is 8. The van der Waals surface area contributed by atoms with Crippen LogP contribution in [0.5, 0.6) is 11.5 Å². The summed E-state index contributed by atoms with van der Waals surface area (Å²) in [5, 5.41) is 9.94. The molecular weight excluding hydrogens is 370 g/mol. The molecule has 0 fully saturated rings. The number of halogens is 1. The van der Waals surface area contributed by atoms with Crippen molar-refractivity contribution in [3.05, 3.63) is 64.9 Å². The molecule has 0 aliphatic rings. The van der Waals surface area contributed by atoms with Crippen LogP contribution in [0.15, 0.2) is 53.7 Å². The zero-order valence-electron chi connectivity index (χ0n) is 14.7. The van der Waals surface area contributed by atoms with E-state index in [0.29, 0.717) is 18.2 Å². The van der Waals surface area contributed by atoms with Gasteiger partial charge in [-0.25, -0.2) is 0 Å². The van der Waals surface area contributed by atoms with E-state index in [1.807, 2.05) is 41.9 Å². The summed E-state index contributed by atoms with van der Waals surface area (Å²) in [5.41, 5.74) is 1.19. The normalized spacial score (nSPS) is 10.7. The maximum Gasteiger partial charge on any atom is 0.191 e. The van der Waals surface area contributed by atoms with Gasteiger partial charge in [-0.05, 0) is 48.9 Å². The Bertz CT molecular complexity index is 852. The van der Waals surface area contributed by atoms with Gasteiger partial charge in [-0.15, -0.1) is 10.2 Å². The molecule has 5 nitrogen and oxygen atoms in total. The summed E-state index contributed by atoms with van der Waals surface area (Å²) < 4.78 is 13.4. The van der Waals surface area contributed by atoms with Crippen molar-refractivity contribution in [2.75, 3.05) is 12.4 Å². The Morgan fingerprint density at radius 3 is 2.62 bits per heavy atom. The van der Waals surface area contributed by atoms with Gasteiger partial charge in [0, 0.05) is 17.8 Å². The minimum Gasteiger partial charge on any atom is -0.493 e. The summed E-state index contributed by atoms with van der Waals surface area (Å²) >= 11 is 7.48. The van der Waals surface area contributed by atoms with Crippen LogP contribution in [-0.2, 0) is 13.7 Å². The average molecular weight is 390 g/mol. The van der Waals surface area contributed by atoms with E-state index >= 15 is 0 Å². The molecule has 1 aromatic heterocycles. The van der Waals surface area contributed by atoms with Crippen LogP contribution >= 0.6 is 23.4 Å². The second kappa shape index (κ2) is 8.96. The first kappa shape index (κ1) is 18.6. The van der Waals surface area contributed by atoms with Crippen LogP contribution in [0, 0.1) is 6.92 Å². The maximum absolute atomic E-state index is 5.87. The molecule has 0 bridgehead atoms. The van der Waals surface area contributed by atoms with Crippen LogP contribution in [0.1, 0.15) is 11.4 Å². The Labute approximate surface area is 162 Å². The number of ether oxygens (including phenoxy) is 2. The van der Waals surface area contributed by atoms with Crippen molar-refractivity contribution in [3.63, 3.8) is 0 Å². The fraction of sp³-hybridized carbons (Fsp3) is 0.263. The summed E-state index contributed by atoms with van der Waals surface area (Å²) in [4.78, 5) is 0. The molecule has 0 aliphatic heterocycles. The second-order valence-corrected chi connectivity index (χ2v) is 7.21. The highest BCUT2D eigenvalue weighted by Gasteiger charge is 2.10. The lowest BCUT2D eigenvalue weighted by atomic mass is 10.2. The largest absolute Gasteiger partial charge is 0.493 e. The molecule has 0 amide bonds. The number of aromatic nitrogens is 3. The van der Waals surface area contributed by atoms with Crippen LogP contribution in [0.25, 0.3) is 0 Å². The first-order valence-electron chi connectivity index (χ1n) is 8.21. The van der Waals surface area contributed by atoms with Crippen LogP contribution in [0.3, 0.4) is 0 Å². The quantitative estimate of drug-likeness (QED) is 0.418. The van der Waals surface area contributed by atoms with E-state index in [-0.39, 0.29) is 0 Å². The van der Waals surface area contributed by atoms with E-state index in [4.69, 9.17) is 21.1 Å². The van der Waals surface area contributed by atoms with E-state index in [1.54, 1.807) is 23.9 Å². The van der Waals surface area contributed by atoms with E-state index in [1.165, 1.54) is 5.56 Å². The van der Waals surface area contributed by atoms with Gasteiger partial charge in [0.1, 0.15) is 18.1 Å². The van der Waals surface area contributed by atoms with Gasteiger partial charge in [0.25, 0.3) is 0 Å². The summed E-state index contributed by atoms with van der Waals surface area (Å²) in [7, 11) is 1.93. The number of hydrogen-bond acceptors (Lipinski definition) is 5. The zero-order valence-corrected chi connectivity index (χ0v) is 16.3. The van der Waals surface area contributed by atoms with Crippen LogP contribution < -0.4 is 9.47 Å². The number of thioether (sulfide) groups is 1. The molecule has 0 spiro atoms. The Morgan fingerprint density at radius 2 is 1.85 bits per heavy atom.